The summed E-state index contributed by atoms with van der Waals surface area (Å²) in [5, 5.41) is 6.88. The van der Waals surface area contributed by atoms with Crippen LogP contribution in [0.5, 0.6) is 0 Å². The molecule has 0 aromatic rings. The SMILES string of the molecule is CNC1COCC1CNCC1CCOC1C. The Morgan fingerprint density at radius 3 is 2.69 bits per heavy atom. The summed E-state index contributed by atoms with van der Waals surface area (Å²) in [4.78, 5) is 0. The van der Waals surface area contributed by atoms with Crippen molar-refractivity contribution in [3.05, 3.63) is 0 Å². The maximum absolute atomic E-state index is 5.55. The average Bonchev–Trinajstić information content (AvgIpc) is 2.88. The van der Waals surface area contributed by atoms with Crippen LogP contribution in [0, 0.1) is 11.8 Å². The predicted octanol–water partition coefficient (Wildman–Crippen LogP) is 0.235. The molecule has 2 aliphatic heterocycles. The smallest absolute Gasteiger partial charge is 0.0623 e. The lowest BCUT2D eigenvalue weighted by atomic mass is 10.0. The van der Waals surface area contributed by atoms with Gasteiger partial charge in [-0.3, -0.25) is 0 Å². The Kier molecular flexibility index (Phi) is 4.58. The average molecular weight is 228 g/mol. The number of nitrogens with one attached hydrogen (secondary N) is 2. The van der Waals surface area contributed by atoms with Crippen LogP contribution in [-0.4, -0.2) is 52.1 Å². The van der Waals surface area contributed by atoms with Crippen LogP contribution in [0.4, 0.5) is 0 Å². The van der Waals surface area contributed by atoms with E-state index in [4.69, 9.17) is 9.47 Å². The van der Waals surface area contributed by atoms with Gasteiger partial charge in [0.25, 0.3) is 0 Å². The number of rotatable bonds is 5. The number of hydrogen-bond donors (Lipinski definition) is 2. The molecule has 0 amide bonds. The molecule has 4 unspecified atom stereocenters. The Hall–Kier alpha value is -0.160. The molecule has 0 bridgehead atoms. The molecule has 0 spiro atoms. The lowest BCUT2D eigenvalue weighted by Crippen LogP contribution is -2.40. The zero-order valence-electron chi connectivity index (χ0n) is 10.4. The van der Waals surface area contributed by atoms with Gasteiger partial charge in [-0.25, -0.2) is 0 Å². The summed E-state index contributed by atoms with van der Waals surface area (Å²) in [5.74, 6) is 1.30. The van der Waals surface area contributed by atoms with Crippen molar-refractivity contribution in [3.63, 3.8) is 0 Å². The standard InChI is InChI=1S/C12H24N2O2/c1-9-10(3-4-16-9)5-14-6-11-7-15-8-12(11)13-2/h9-14H,3-8H2,1-2H3. The second-order valence-corrected chi connectivity index (χ2v) is 4.98. The monoisotopic (exact) mass is 228 g/mol. The zero-order chi connectivity index (χ0) is 11.4. The Morgan fingerprint density at radius 1 is 1.19 bits per heavy atom. The molecule has 4 atom stereocenters. The van der Waals surface area contributed by atoms with E-state index in [0.717, 1.165) is 32.9 Å². The third kappa shape index (κ3) is 2.94. The highest BCUT2D eigenvalue weighted by Crippen LogP contribution is 2.19. The molecule has 0 aromatic carbocycles. The molecule has 2 heterocycles. The molecular weight excluding hydrogens is 204 g/mol. The third-order valence-corrected chi connectivity index (χ3v) is 3.92. The summed E-state index contributed by atoms with van der Waals surface area (Å²) in [5.41, 5.74) is 0. The van der Waals surface area contributed by atoms with Gasteiger partial charge in [0.05, 0.1) is 19.3 Å². The molecule has 4 heteroatoms. The van der Waals surface area contributed by atoms with E-state index in [2.05, 4.69) is 17.6 Å². The van der Waals surface area contributed by atoms with E-state index in [1.807, 2.05) is 7.05 Å². The summed E-state index contributed by atoms with van der Waals surface area (Å²) in [7, 11) is 2.01. The van der Waals surface area contributed by atoms with Crippen LogP contribution in [0.25, 0.3) is 0 Å². The van der Waals surface area contributed by atoms with E-state index < -0.39 is 0 Å². The van der Waals surface area contributed by atoms with Crippen molar-refractivity contribution in [3.8, 4) is 0 Å². The lowest BCUT2D eigenvalue weighted by Gasteiger charge is -2.20. The van der Waals surface area contributed by atoms with Crippen molar-refractivity contribution < 1.29 is 9.47 Å². The van der Waals surface area contributed by atoms with Crippen molar-refractivity contribution in [2.45, 2.75) is 25.5 Å². The zero-order valence-corrected chi connectivity index (χ0v) is 10.4. The van der Waals surface area contributed by atoms with E-state index in [9.17, 15) is 0 Å². The van der Waals surface area contributed by atoms with Gasteiger partial charge in [0.1, 0.15) is 0 Å². The topological polar surface area (TPSA) is 42.5 Å². The molecule has 2 aliphatic rings. The van der Waals surface area contributed by atoms with Crippen molar-refractivity contribution >= 4 is 0 Å². The van der Waals surface area contributed by atoms with Crippen LogP contribution in [-0.2, 0) is 9.47 Å². The summed E-state index contributed by atoms with van der Waals surface area (Å²) >= 11 is 0. The van der Waals surface area contributed by atoms with E-state index in [1.54, 1.807) is 0 Å². The van der Waals surface area contributed by atoms with Crippen LogP contribution >= 0.6 is 0 Å². The largest absolute Gasteiger partial charge is 0.379 e. The van der Waals surface area contributed by atoms with Gasteiger partial charge in [-0.05, 0) is 26.3 Å². The van der Waals surface area contributed by atoms with Gasteiger partial charge >= 0.3 is 0 Å². The molecule has 94 valence electrons. The van der Waals surface area contributed by atoms with E-state index in [-0.39, 0.29) is 0 Å². The fourth-order valence-corrected chi connectivity index (χ4v) is 2.62. The first-order valence-corrected chi connectivity index (χ1v) is 6.38. The Labute approximate surface area is 98.1 Å². The van der Waals surface area contributed by atoms with Crippen molar-refractivity contribution in [2.24, 2.45) is 11.8 Å². The molecule has 0 radical (unpaired) electrons. The fourth-order valence-electron chi connectivity index (χ4n) is 2.62. The third-order valence-electron chi connectivity index (χ3n) is 3.92. The number of ether oxygens (including phenoxy) is 2. The fraction of sp³-hybridized carbons (Fsp3) is 1.00. The quantitative estimate of drug-likeness (QED) is 0.707. The normalized spacial score (nSPS) is 39.4. The van der Waals surface area contributed by atoms with Crippen LogP contribution < -0.4 is 10.6 Å². The highest BCUT2D eigenvalue weighted by Gasteiger charge is 2.28. The highest BCUT2D eigenvalue weighted by atomic mass is 16.5. The molecule has 2 rings (SSSR count). The van der Waals surface area contributed by atoms with E-state index >= 15 is 0 Å². The van der Waals surface area contributed by atoms with Gasteiger partial charge in [-0.1, -0.05) is 0 Å². The maximum Gasteiger partial charge on any atom is 0.0623 e. The van der Waals surface area contributed by atoms with Gasteiger partial charge in [0, 0.05) is 31.7 Å². The van der Waals surface area contributed by atoms with Gasteiger partial charge < -0.3 is 20.1 Å². The minimum Gasteiger partial charge on any atom is -0.379 e. The van der Waals surface area contributed by atoms with Crippen molar-refractivity contribution in [2.75, 3.05) is 40.0 Å². The molecule has 0 aliphatic carbocycles. The maximum atomic E-state index is 5.55. The van der Waals surface area contributed by atoms with E-state index in [1.165, 1.54) is 6.42 Å². The molecule has 2 saturated heterocycles. The van der Waals surface area contributed by atoms with Gasteiger partial charge in [-0.15, -0.1) is 0 Å². The summed E-state index contributed by atoms with van der Waals surface area (Å²) in [6, 6.07) is 0.518. The molecule has 2 fully saturated rings. The van der Waals surface area contributed by atoms with E-state index in [0.29, 0.717) is 24.0 Å². The first-order valence-electron chi connectivity index (χ1n) is 6.38. The van der Waals surface area contributed by atoms with Crippen molar-refractivity contribution in [1.29, 1.82) is 0 Å². The van der Waals surface area contributed by atoms with Crippen LogP contribution in [0.3, 0.4) is 0 Å². The van der Waals surface area contributed by atoms with Crippen LogP contribution in [0.1, 0.15) is 13.3 Å². The van der Waals surface area contributed by atoms with Crippen molar-refractivity contribution in [1.82, 2.24) is 10.6 Å². The molecule has 2 N–H and O–H groups in total. The van der Waals surface area contributed by atoms with Crippen LogP contribution in [0.2, 0.25) is 0 Å². The molecular formula is C12H24N2O2. The Morgan fingerprint density at radius 2 is 2.00 bits per heavy atom. The summed E-state index contributed by atoms with van der Waals surface area (Å²) < 4.78 is 11.0. The number of hydrogen-bond acceptors (Lipinski definition) is 4. The Bertz CT molecular complexity index is 213. The minimum absolute atomic E-state index is 0.424. The first kappa shape index (κ1) is 12.3. The molecule has 16 heavy (non-hydrogen) atoms. The predicted molar refractivity (Wildman–Crippen MR) is 63.5 cm³/mol. The van der Waals surface area contributed by atoms with Gasteiger partial charge in [0.2, 0.25) is 0 Å². The highest BCUT2D eigenvalue weighted by molar-refractivity contribution is 4.82. The first-order chi connectivity index (χ1) is 7.81. The van der Waals surface area contributed by atoms with Crippen LogP contribution in [0.15, 0.2) is 0 Å². The molecule has 0 aromatic heterocycles. The molecule has 4 nitrogen and oxygen atoms in total. The summed E-state index contributed by atoms with van der Waals surface area (Å²) in [6.07, 6.45) is 1.62. The van der Waals surface area contributed by atoms with Gasteiger partial charge in [-0.2, -0.15) is 0 Å². The Balaban J connectivity index is 1.63. The second-order valence-electron chi connectivity index (χ2n) is 4.98. The number of likely N-dealkylation sites (N-methyl/N-ethyl adjacent to an activating group) is 1. The molecule has 0 saturated carbocycles. The minimum atomic E-state index is 0.424. The second kappa shape index (κ2) is 5.96. The summed E-state index contributed by atoms with van der Waals surface area (Å²) in [6.45, 7) is 6.97. The van der Waals surface area contributed by atoms with Gasteiger partial charge in [0.15, 0.2) is 0 Å². The lowest BCUT2D eigenvalue weighted by molar-refractivity contribution is 0.105.